The van der Waals surface area contributed by atoms with E-state index in [2.05, 4.69) is 10.3 Å². The lowest BCUT2D eigenvalue weighted by atomic mass is 10.2. The van der Waals surface area contributed by atoms with Crippen LogP contribution in [0, 0.1) is 0 Å². The quantitative estimate of drug-likeness (QED) is 0.944. The average Bonchev–Trinajstić information content (AvgIpc) is 2.76. The van der Waals surface area contributed by atoms with E-state index in [0.717, 1.165) is 12.1 Å². The standard InChI is InChI=1S/C11H10ClF3N4/c12-9-5-7(11(13,14)15)1-2-10(9)19-6-8(3-4-16)17-18-19/h1-2,5-6H,3-4,16H2. The molecule has 2 rings (SSSR count). The van der Waals surface area contributed by atoms with Crippen molar-refractivity contribution in [1.29, 1.82) is 0 Å². The zero-order chi connectivity index (χ0) is 14.0. The van der Waals surface area contributed by atoms with E-state index in [1.165, 1.54) is 10.7 Å². The highest BCUT2D eigenvalue weighted by atomic mass is 35.5. The molecule has 0 aliphatic carbocycles. The van der Waals surface area contributed by atoms with Gasteiger partial charge in [-0.25, -0.2) is 4.68 Å². The van der Waals surface area contributed by atoms with E-state index in [4.69, 9.17) is 17.3 Å². The Morgan fingerprint density at radius 3 is 2.63 bits per heavy atom. The lowest BCUT2D eigenvalue weighted by molar-refractivity contribution is -0.137. The van der Waals surface area contributed by atoms with Crippen molar-refractivity contribution in [1.82, 2.24) is 15.0 Å². The summed E-state index contributed by atoms with van der Waals surface area (Å²) in [6.45, 7) is 0.416. The van der Waals surface area contributed by atoms with Gasteiger partial charge in [-0.15, -0.1) is 5.10 Å². The minimum Gasteiger partial charge on any atom is -0.330 e. The van der Waals surface area contributed by atoms with Gasteiger partial charge in [-0.1, -0.05) is 16.8 Å². The number of rotatable bonds is 3. The summed E-state index contributed by atoms with van der Waals surface area (Å²) in [4.78, 5) is 0. The summed E-state index contributed by atoms with van der Waals surface area (Å²) in [5, 5.41) is 7.61. The first-order valence-electron chi connectivity index (χ1n) is 5.40. The van der Waals surface area contributed by atoms with E-state index in [-0.39, 0.29) is 5.02 Å². The number of hydrogen-bond acceptors (Lipinski definition) is 3. The molecule has 0 spiro atoms. The van der Waals surface area contributed by atoms with Crippen molar-refractivity contribution >= 4 is 11.6 Å². The Morgan fingerprint density at radius 2 is 2.05 bits per heavy atom. The van der Waals surface area contributed by atoms with Crippen molar-refractivity contribution in [3.8, 4) is 5.69 Å². The van der Waals surface area contributed by atoms with Crippen LogP contribution in [0.25, 0.3) is 5.69 Å². The summed E-state index contributed by atoms with van der Waals surface area (Å²) < 4.78 is 38.8. The fourth-order valence-electron chi connectivity index (χ4n) is 1.55. The summed E-state index contributed by atoms with van der Waals surface area (Å²) in [6, 6.07) is 3.07. The van der Waals surface area contributed by atoms with Crippen LogP contribution in [0.2, 0.25) is 5.02 Å². The predicted octanol–water partition coefficient (Wildman–Crippen LogP) is 2.44. The zero-order valence-corrected chi connectivity index (χ0v) is 10.4. The molecule has 0 saturated carbocycles. The van der Waals surface area contributed by atoms with E-state index in [1.54, 1.807) is 6.20 Å². The van der Waals surface area contributed by atoms with Crippen molar-refractivity contribution in [3.05, 3.63) is 40.7 Å². The first-order chi connectivity index (χ1) is 8.91. The third-order valence-corrected chi connectivity index (χ3v) is 2.77. The molecule has 0 unspecified atom stereocenters. The predicted molar refractivity (Wildman–Crippen MR) is 64.1 cm³/mol. The molecule has 0 aliphatic rings. The largest absolute Gasteiger partial charge is 0.416 e. The normalized spacial score (nSPS) is 11.8. The summed E-state index contributed by atoms with van der Waals surface area (Å²) in [5.41, 5.74) is 5.57. The smallest absolute Gasteiger partial charge is 0.330 e. The molecule has 8 heteroatoms. The molecule has 0 amide bonds. The fourth-order valence-corrected chi connectivity index (χ4v) is 1.81. The van der Waals surface area contributed by atoms with Gasteiger partial charge >= 0.3 is 6.18 Å². The average molecular weight is 291 g/mol. The third kappa shape index (κ3) is 3.05. The van der Waals surface area contributed by atoms with Crippen LogP contribution in [0.15, 0.2) is 24.4 Å². The fraction of sp³-hybridized carbons (Fsp3) is 0.273. The molecule has 2 N–H and O–H groups in total. The van der Waals surface area contributed by atoms with Gasteiger partial charge in [0.05, 0.1) is 28.2 Å². The SMILES string of the molecule is NCCc1cn(-c2ccc(C(F)(F)F)cc2Cl)nn1. The minimum atomic E-state index is -4.42. The third-order valence-electron chi connectivity index (χ3n) is 2.46. The first-order valence-corrected chi connectivity index (χ1v) is 5.78. The van der Waals surface area contributed by atoms with Gasteiger partial charge in [0.2, 0.25) is 0 Å². The Morgan fingerprint density at radius 1 is 1.32 bits per heavy atom. The van der Waals surface area contributed by atoms with Crippen LogP contribution in [-0.4, -0.2) is 21.5 Å². The van der Waals surface area contributed by atoms with Gasteiger partial charge in [0, 0.05) is 6.42 Å². The van der Waals surface area contributed by atoms with Gasteiger partial charge in [0.15, 0.2) is 0 Å². The monoisotopic (exact) mass is 290 g/mol. The highest BCUT2D eigenvalue weighted by Crippen LogP contribution is 2.32. The molecule has 0 fully saturated rings. The number of halogens is 4. The Balaban J connectivity index is 2.35. The highest BCUT2D eigenvalue weighted by Gasteiger charge is 2.31. The van der Waals surface area contributed by atoms with Crippen LogP contribution >= 0.6 is 11.6 Å². The summed E-state index contributed by atoms with van der Waals surface area (Å²) >= 11 is 5.84. The Labute approximate surface area is 112 Å². The lowest BCUT2D eigenvalue weighted by Gasteiger charge is -2.09. The summed E-state index contributed by atoms with van der Waals surface area (Å²) in [6.07, 6.45) is -2.30. The second-order valence-electron chi connectivity index (χ2n) is 3.86. The molecule has 19 heavy (non-hydrogen) atoms. The van der Waals surface area contributed by atoms with Crippen molar-refractivity contribution in [2.75, 3.05) is 6.54 Å². The number of hydrogen-bond donors (Lipinski definition) is 1. The maximum absolute atomic E-state index is 12.5. The van der Waals surface area contributed by atoms with E-state index in [1.807, 2.05) is 0 Å². The molecule has 0 saturated heterocycles. The Hall–Kier alpha value is -1.60. The zero-order valence-electron chi connectivity index (χ0n) is 9.65. The van der Waals surface area contributed by atoms with E-state index < -0.39 is 11.7 Å². The second kappa shape index (κ2) is 5.18. The molecule has 0 atom stereocenters. The van der Waals surface area contributed by atoms with Crippen molar-refractivity contribution < 1.29 is 13.2 Å². The minimum absolute atomic E-state index is 0.0426. The van der Waals surface area contributed by atoms with Crippen LogP contribution in [0.4, 0.5) is 13.2 Å². The number of aromatic nitrogens is 3. The van der Waals surface area contributed by atoms with Crippen molar-refractivity contribution in [2.45, 2.75) is 12.6 Å². The van der Waals surface area contributed by atoms with Crippen LogP contribution in [0.1, 0.15) is 11.3 Å². The molecule has 1 heterocycles. The Kier molecular flexibility index (Phi) is 3.77. The van der Waals surface area contributed by atoms with Crippen LogP contribution in [0.3, 0.4) is 0 Å². The van der Waals surface area contributed by atoms with Gasteiger partial charge in [0.1, 0.15) is 0 Å². The number of alkyl halides is 3. The molecule has 4 nitrogen and oxygen atoms in total. The highest BCUT2D eigenvalue weighted by molar-refractivity contribution is 6.32. The second-order valence-corrected chi connectivity index (χ2v) is 4.26. The maximum Gasteiger partial charge on any atom is 0.416 e. The molecule has 1 aromatic carbocycles. The number of nitrogens with two attached hydrogens (primary N) is 1. The van der Waals surface area contributed by atoms with E-state index in [9.17, 15) is 13.2 Å². The van der Waals surface area contributed by atoms with E-state index in [0.29, 0.717) is 24.3 Å². The molecule has 102 valence electrons. The molecule has 0 bridgehead atoms. The van der Waals surface area contributed by atoms with Crippen molar-refractivity contribution in [3.63, 3.8) is 0 Å². The van der Waals surface area contributed by atoms with Gasteiger partial charge in [-0.2, -0.15) is 13.2 Å². The molecule has 0 aliphatic heterocycles. The molecule has 2 aromatic rings. The lowest BCUT2D eigenvalue weighted by Crippen LogP contribution is -2.06. The number of benzene rings is 1. The van der Waals surface area contributed by atoms with Gasteiger partial charge in [0.25, 0.3) is 0 Å². The molecule has 1 aromatic heterocycles. The van der Waals surface area contributed by atoms with Crippen molar-refractivity contribution in [2.24, 2.45) is 5.73 Å². The maximum atomic E-state index is 12.5. The van der Waals surface area contributed by atoms with Crippen LogP contribution in [0.5, 0.6) is 0 Å². The topological polar surface area (TPSA) is 56.7 Å². The van der Waals surface area contributed by atoms with Crippen LogP contribution in [-0.2, 0) is 12.6 Å². The van der Waals surface area contributed by atoms with E-state index >= 15 is 0 Å². The first kappa shape index (κ1) is 13.8. The van der Waals surface area contributed by atoms with Crippen LogP contribution < -0.4 is 5.73 Å². The molecule has 0 radical (unpaired) electrons. The van der Waals surface area contributed by atoms with Gasteiger partial charge in [-0.3, -0.25) is 0 Å². The summed E-state index contributed by atoms with van der Waals surface area (Å²) in [5.74, 6) is 0. The number of nitrogens with zero attached hydrogens (tertiary/aromatic N) is 3. The molecular formula is C11H10ClF3N4. The van der Waals surface area contributed by atoms with Gasteiger partial charge in [-0.05, 0) is 24.7 Å². The summed E-state index contributed by atoms with van der Waals surface area (Å²) in [7, 11) is 0. The van der Waals surface area contributed by atoms with Gasteiger partial charge < -0.3 is 5.73 Å². The molecular weight excluding hydrogens is 281 g/mol. The Bertz CT molecular complexity index is 580.